The Bertz CT molecular complexity index is 696. The number of nitrogens with one attached hydrogen (secondary N) is 2. The average molecular weight is 329 g/mol. The van der Waals surface area contributed by atoms with Gasteiger partial charge in [-0.1, -0.05) is 12.1 Å². The first-order chi connectivity index (χ1) is 11.4. The maximum Gasteiger partial charge on any atom is 0.192 e. The predicted octanol–water partition coefficient (Wildman–Crippen LogP) is 3.73. The molecule has 0 amide bonds. The Morgan fingerprint density at radius 3 is 2.42 bits per heavy atom. The maximum atomic E-state index is 9.87. The number of hydrogen-bond acceptors (Lipinski definition) is 3. The minimum atomic E-state index is 0.0276. The molecule has 0 fully saturated rings. The van der Waals surface area contributed by atoms with Crippen LogP contribution >= 0.6 is 0 Å². The Labute approximate surface area is 143 Å². The lowest BCUT2D eigenvalue weighted by Gasteiger charge is -2.16. The Balaban J connectivity index is 2.10. The number of phenols is 1. The monoisotopic (exact) mass is 329 g/mol. The van der Waals surface area contributed by atoms with E-state index in [0.717, 1.165) is 40.7 Å². The van der Waals surface area contributed by atoms with Crippen molar-refractivity contribution in [2.45, 2.75) is 47.2 Å². The Morgan fingerprint density at radius 2 is 1.88 bits per heavy atom. The van der Waals surface area contributed by atoms with Gasteiger partial charge in [-0.25, -0.2) is 4.99 Å². The summed E-state index contributed by atoms with van der Waals surface area (Å²) >= 11 is 0. The number of guanidine groups is 1. The zero-order valence-electron chi connectivity index (χ0n) is 15.1. The van der Waals surface area contributed by atoms with E-state index < -0.39 is 0 Å². The lowest BCUT2D eigenvalue weighted by Crippen LogP contribution is -2.38. The second kappa shape index (κ2) is 7.90. The molecule has 130 valence electrons. The largest absolute Gasteiger partial charge is 0.507 e. The molecule has 1 unspecified atom stereocenters. The summed E-state index contributed by atoms with van der Waals surface area (Å²) in [7, 11) is 0. The topological polar surface area (TPSA) is 69.8 Å². The summed E-state index contributed by atoms with van der Waals surface area (Å²) in [5.74, 6) is 2.88. The Hall–Kier alpha value is -2.43. The van der Waals surface area contributed by atoms with Gasteiger partial charge in [0.15, 0.2) is 5.96 Å². The van der Waals surface area contributed by atoms with Crippen molar-refractivity contribution in [3.63, 3.8) is 0 Å². The number of aliphatic imine (C=N–C) groups is 1. The number of rotatable bonds is 5. The van der Waals surface area contributed by atoms with Gasteiger partial charge in [0, 0.05) is 6.54 Å². The summed E-state index contributed by atoms with van der Waals surface area (Å²) < 4.78 is 5.66. The van der Waals surface area contributed by atoms with Gasteiger partial charge in [-0.2, -0.15) is 0 Å². The third kappa shape index (κ3) is 4.54. The number of hydrogen-bond donors (Lipinski definition) is 3. The zero-order chi connectivity index (χ0) is 17.7. The van der Waals surface area contributed by atoms with E-state index >= 15 is 0 Å². The molecule has 0 spiro atoms. The normalized spacial score (nSPS) is 13.0. The first kappa shape index (κ1) is 17.9. The molecule has 1 aromatic carbocycles. The van der Waals surface area contributed by atoms with E-state index in [2.05, 4.69) is 15.6 Å². The van der Waals surface area contributed by atoms with Crippen molar-refractivity contribution in [3.8, 4) is 5.75 Å². The van der Waals surface area contributed by atoms with Crippen molar-refractivity contribution in [3.05, 3.63) is 52.5 Å². The van der Waals surface area contributed by atoms with Gasteiger partial charge in [-0.05, 0) is 63.4 Å². The molecule has 1 heterocycles. The van der Waals surface area contributed by atoms with E-state index in [-0.39, 0.29) is 6.04 Å². The number of aryl methyl sites for hydroxylation is 3. The third-order valence-electron chi connectivity index (χ3n) is 3.86. The zero-order valence-corrected chi connectivity index (χ0v) is 15.1. The number of nitrogens with zero attached hydrogens (tertiary/aromatic N) is 1. The molecule has 3 N–H and O–H groups in total. The molecule has 2 rings (SSSR count). The van der Waals surface area contributed by atoms with Gasteiger partial charge in [0.2, 0.25) is 0 Å². The van der Waals surface area contributed by atoms with Crippen LogP contribution < -0.4 is 10.6 Å². The molecule has 0 saturated heterocycles. The molecule has 0 aliphatic heterocycles. The van der Waals surface area contributed by atoms with Crippen molar-refractivity contribution in [1.29, 1.82) is 0 Å². The van der Waals surface area contributed by atoms with Crippen LogP contribution in [-0.2, 0) is 6.54 Å². The molecule has 0 bridgehead atoms. The van der Waals surface area contributed by atoms with Gasteiger partial charge in [-0.15, -0.1) is 0 Å². The standard InChI is InChI=1S/C19H27N3O2/c1-6-20-19(22-15(5)17-8-7-14(4)24-17)21-11-16-9-12(2)18(23)13(3)10-16/h7-10,15,23H,6,11H2,1-5H3,(H2,20,21,22). The van der Waals surface area contributed by atoms with Gasteiger partial charge in [0.05, 0.1) is 12.6 Å². The van der Waals surface area contributed by atoms with Crippen LogP contribution in [0.3, 0.4) is 0 Å². The second-order valence-corrected chi connectivity index (χ2v) is 6.09. The highest BCUT2D eigenvalue weighted by atomic mass is 16.3. The molecule has 1 aromatic heterocycles. The van der Waals surface area contributed by atoms with Crippen molar-refractivity contribution in [1.82, 2.24) is 10.6 Å². The first-order valence-corrected chi connectivity index (χ1v) is 8.31. The molecule has 24 heavy (non-hydrogen) atoms. The van der Waals surface area contributed by atoms with E-state index in [4.69, 9.17) is 4.42 Å². The highest BCUT2D eigenvalue weighted by Crippen LogP contribution is 2.23. The van der Waals surface area contributed by atoms with Crippen LogP contribution in [0.5, 0.6) is 5.75 Å². The summed E-state index contributed by atoms with van der Waals surface area (Å²) in [5.41, 5.74) is 2.82. The van der Waals surface area contributed by atoms with Gasteiger partial charge >= 0.3 is 0 Å². The number of aromatic hydroxyl groups is 1. The summed E-state index contributed by atoms with van der Waals surface area (Å²) in [6.45, 7) is 11.1. The van der Waals surface area contributed by atoms with Crippen LogP contribution in [0.25, 0.3) is 0 Å². The number of phenolic OH excluding ortho intramolecular Hbond substituents is 1. The minimum Gasteiger partial charge on any atom is -0.507 e. The quantitative estimate of drug-likeness (QED) is 0.577. The van der Waals surface area contributed by atoms with Crippen LogP contribution in [0.15, 0.2) is 33.7 Å². The average Bonchev–Trinajstić information content (AvgIpc) is 2.97. The number of benzene rings is 1. The van der Waals surface area contributed by atoms with E-state index in [0.29, 0.717) is 12.3 Å². The Morgan fingerprint density at radius 1 is 1.21 bits per heavy atom. The minimum absolute atomic E-state index is 0.0276. The molecule has 0 aliphatic carbocycles. The fourth-order valence-electron chi connectivity index (χ4n) is 2.59. The molecule has 5 heteroatoms. The second-order valence-electron chi connectivity index (χ2n) is 6.09. The SMILES string of the molecule is CCNC(=NCc1cc(C)c(O)c(C)c1)NC(C)c1ccc(C)o1. The van der Waals surface area contributed by atoms with E-state index in [1.54, 1.807) is 0 Å². The molecule has 5 nitrogen and oxygen atoms in total. The molecule has 1 atom stereocenters. The van der Waals surface area contributed by atoms with E-state index in [1.165, 1.54) is 0 Å². The van der Waals surface area contributed by atoms with Crippen molar-refractivity contribution < 1.29 is 9.52 Å². The summed E-state index contributed by atoms with van der Waals surface area (Å²) in [6.07, 6.45) is 0. The van der Waals surface area contributed by atoms with Gasteiger partial charge in [0.1, 0.15) is 17.3 Å². The first-order valence-electron chi connectivity index (χ1n) is 8.31. The van der Waals surface area contributed by atoms with Gasteiger partial charge in [0.25, 0.3) is 0 Å². The third-order valence-corrected chi connectivity index (χ3v) is 3.86. The lowest BCUT2D eigenvalue weighted by molar-refractivity contribution is 0.441. The lowest BCUT2D eigenvalue weighted by atomic mass is 10.1. The smallest absolute Gasteiger partial charge is 0.192 e. The molecule has 2 aromatic rings. The van der Waals surface area contributed by atoms with Crippen LogP contribution in [0.4, 0.5) is 0 Å². The highest BCUT2D eigenvalue weighted by molar-refractivity contribution is 5.80. The van der Waals surface area contributed by atoms with Gasteiger partial charge in [-0.3, -0.25) is 0 Å². The van der Waals surface area contributed by atoms with Crippen LogP contribution in [-0.4, -0.2) is 17.6 Å². The van der Waals surface area contributed by atoms with E-state index in [9.17, 15) is 5.11 Å². The fourth-order valence-corrected chi connectivity index (χ4v) is 2.59. The fraction of sp³-hybridized carbons (Fsp3) is 0.421. The van der Waals surface area contributed by atoms with Crippen LogP contribution in [0, 0.1) is 20.8 Å². The molecule has 0 saturated carbocycles. The van der Waals surface area contributed by atoms with E-state index in [1.807, 2.05) is 58.9 Å². The highest BCUT2D eigenvalue weighted by Gasteiger charge is 2.11. The molecular formula is C19H27N3O2. The Kier molecular flexibility index (Phi) is 5.90. The van der Waals surface area contributed by atoms with Crippen LogP contribution in [0.1, 0.15) is 48.1 Å². The van der Waals surface area contributed by atoms with Crippen molar-refractivity contribution >= 4 is 5.96 Å². The van der Waals surface area contributed by atoms with Crippen molar-refractivity contribution in [2.24, 2.45) is 4.99 Å². The molecular weight excluding hydrogens is 302 g/mol. The molecule has 0 radical (unpaired) electrons. The number of furan rings is 1. The maximum absolute atomic E-state index is 9.87. The van der Waals surface area contributed by atoms with Crippen molar-refractivity contribution in [2.75, 3.05) is 6.54 Å². The summed E-state index contributed by atoms with van der Waals surface area (Å²) in [6, 6.07) is 7.89. The summed E-state index contributed by atoms with van der Waals surface area (Å²) in [4.78, 5) is 4.64. The van der Waals surface area contributed by atoms with Gasteiger partial charge < -0.3 is 20.2 Å². The predicted molar refractivity (Wildman–Crippen MR) is 97.4 cm³/mol. The van der Waals surface area contributed by atoms with Crippen LogP contribution in [0.2, 0.25) is 0 Å². The summed E-state index contributed by atoms with van der Waals surface area (Å²) in [5, 5.41) is 16.5. The molecule has 0 aliphatic rings.